The minimum atomic E-state index is -0.284. The normalized spacial score (nSPS) is 14.3. The van der Waals surface area contributed by atoms with E-state index in [-0.39, 0.29) is 11.7 Å². The van der Waals surface area contributed by atoms with E-state index in [1.54, 1.807) is 12.1 Å². The second kappa shape index (κ2) is 6.04. The summed E-state index contributed by atoms with van der Waals surface area (Å²) >= 11 is 0. The molecule has 0 saturated carbocycles. The molecule has 2 aromatic carbocycles. The van der Waals surface area contributed by atoms with Gasteiger partial charge in [0, 0.05) is 24.0 Å². The van der Waals surface area contributed by atoms with Crippen molar-refractivity contribution in [2.24, 2.45) is 0 Å². The van der Waals surface area contributed by atoms with Gasteiger partial charge in [0.15, 0.2) is 0 Å². The van der Waals surface area contributed by atoms with Gasteiger partial charge in [-0.05, 0) is 49.2 Å². The van der Waals surface area contributed by atoms with Crippen molar-refractivity contribution in [2.75, 3.05) is 13.1 Å². The molecule has 0 N–H and O–H groups in total. The lowest BCUT2D eigenvalue weighted by atomic mass is 10.0. The Labute approximate surface area is 139 Å². The average molecular weight is 320 g/mol. The third-order valence-corrected chi connectivity index (χ3v) is 4.48. The van der Waals surface area contributed by atoms with Crippen molar-refractivity contribution in [3.63, 3.8) is 0 Å². The number of halogens is 1. The Morgan fingerprint density at radius 1 is 1.00 bits per heavy atom. The van der Waals surface area contributed by atoms with Crippen molar-refractivity contribution in [3.05, 3.63) is 66.0 Å². The highest BCUT2D eigenvalue weighted by Crippen LogP contribution is 2.27. The molecule has 4 rings (SSSR count). The van der Waals surface area contributed by atoms with Crippen molar-refractivity contribution < 1.29 is 9.18 Å². The molecule has 0 aliphatic carbocycles. The molecule has 24 heavy (non-hydrogen) atoms. The first-order valence-corrected chi connectivity index (χ1v) is 8.17. The van der Waals surface area contributed by atoms with E-state index in [0.717, 1.165) is 42.4 Å². The molecule has 1 fully saturated rings. The summed E-state index contributed by atoms with van der Waals surface area (Å²) in [4.78, 5) is 19.5. The summed E-state index contributed by atoms with van der Waals surface area (Å²) in [6, 6.07) is 15.7. The number of pyridine rings is 1. The second-order valence-corrected chi connectivity index (χ2v) is 6.08. The van der Waals surface area contributed by atoms with E-state index in [9.17, 15) is 9.18 Å². The van der Waals surface area contributed by atoms with Crippen molar-refractivity contribution in [3.8, 4) is 11.3 Å². The first kappa shape index (κ1) is 14.8. The van der Waals surface area contributed by atoms with Gasteiger partial charge in [-0.3, -0.25) is 4.79 Å². The second-order valence-electron chi connectivity index (χ2n) is 6.08. The number of carbonyl (C=O) groups excluding carboxylic acids is 1. The summed E-state index contributed by atoms with van der Waals surface area (Å²) in [5.41, 5.74) is 2.94. The smallest absolute Gasteiger partial charge is 0.254 e. The summed E-state index contributed by atoms with van der Waals surface area (Å²) < 4.78 is 13.2. The van der Waals surface area contributed by atoms with Gasteiger partial charge in [-0.15, -0.1) is 0 Å². The molecule has 3 nitrogen and oxygen atoms in total. The van der Waals surface area contributed by atoms with Crippen LogP contribution < -0.4 is 0 Å². The van der Waals surface area contributed by atoms with Crippen LogP contribution in [0.2, 0.25) is 0 Å². The van der Waals surface area contributed by atoms with Gasteiger partial charge in [-0.2, -0.15) is 0 Å². The highest BCUT2D eigenvalue weighted by Gasteiger charge is 2.22. The van der Waals surface area contributed by atoms with Crippen molar-refractivity contribution in [1.82, 2.24) is 9.88 Å². The number of likely N-dealkylation sites (tertiary alicyclic amines) is 1. The lowest BCUT2D eigenvalue weighted by Gasteiger charge is -2.17. The fourth-order valence-electron chi connectivity index (χ4n) is 3.21. The predicted molar refractivity (Wildman–Crippen MR) is 92.3 cm³/mol. The third-order valence-electron chi connectivity index (χ3n) is 4.48. The fraction of sp³-hybridized carbons (Fsp3) is 0.200. The number of fused-ring (bicyclic) bond motifs is 1. The Bertz CT molecular complexity index is 899. The maximum absolute atomic E-state index is 13.2. The van der Waals surface area contributed by atoms with Gasteiger partial charge in [0.1, 0.15) is 5.82 Å². The van der Waals surface area contributed by atoms with Crippen LogP contribution in [0.4, 0.5) is 4.39 Å². The first-order valence-electron chi connectivity index (χ1n) is 8.17. The molecule has 1 amide bonds. The van der Waals surface area contributed by atoms with Gasteiger partial charge >= 0.3 is 0 Å². The summed E-state index contributed by atoms with van der Waals surface area (Å²) in [7, 11) is 0. The van der Waals surface area contributed by atoms with E-state index in [0.29, 0.717) is 11.3 Å². The van der Waals surface area contributed by atoms with Crippen LogP contribution in [0.1, 0.15) is 23.2 Å². The van der Waals surface area contributed by atoms with Gasteiger partial charge in [-0.1, -0.05) is 18.2 Å². The monoisotopic (exact) mass is 320 g/mol. The Kier molecular flexibility index (Phi) is 3.73. The molecular weight excluding hydrogens is 303 g/mol. The van der Waals surface area contributed by atoms with Crippen LogP contribution in [0, 0.1) is 5.82 Å². The van der Waals surface area contributed by atoms with Crippen molar-refractivity contribution >= 4 is 16.8 Å². The van der Waals surface area contributed by atoms with Crippen molar-refractivity contribution in [1.29, 1.82) is 0 Å². The minimum absolute atomic E-state index is 0.0504. The van der Waals surface area contributed by atoms with Crippen LogP contribution in [0.15, 0.2) is 54.6 Å². The summed E-state index contributed by atoms with van der Waals surface area (Å²) in [6.45, 7) is 1.61. The number of rotatable bonds is 2. The Balaban J connectivity index is 1.87. The average Bonchev–Trinajstić information content (AvgIpc) is 3.15. The Morgan fingerprint density at radius 3 is 2.46 bits per heavy atom. The molecule has 1 saturated heterocycles. The van der Waals surface area contributed by atoms with E-state index in [2.05, 4.69) is 4.98 Å². The molecule has 0 unspecified atom stereocenters. The van der Waals surface area contributed by atoms with Crippen LogP contribution in [-0.2, 0) is 0 Å². The molecule has 3 aromatic rings. The SMILES string of the molecule is O=C(c1cc(-c2ccc(F)cc2)nc2ccccc12)N1CCCC1. The molecule has 0 bridgehead atoms. The van der Waals surface area contributed by atoms with Gasteiger partial charge in [0.2, 0.25) is 0 Å². The molecule has 0 spiro atoms. The van der Waals surface area contributed by atoms with E-state index in [4.69, 9.17) is 0 Å². The number of benzene rings is 2. The number of carbonyl (C=O) groups is 1. The van der Waals surface area contributed by atoms with Gasteiger partial charge in [0.05, 0.1) is 16.8 Å². The Morgan fingerprint density at radius 2 is 1.71 bits per heavy atom. The van der Waals surface area contributed by atoms with Crippen LogP contribution in [0.25, 0.3) is 22.2 Å². The molecule has 120 valence electrons. The van der Waals surface area contributed by atoms with E-state index >= 15 is 0 Å². The van der Waals surface area contributed by atoms with Crippen LogP contribution in [0.5, 0.6) is 0 Å². The van der Waals surface area contributed by atoms with Crippen LogP contribution >= 0.6 is 0 Å². The number of hydrogen-bond acceptors (Lipinski definition) is 2. The maximum Gasteiger partial charge on any atom is 0.254 e. The number of hydrogen-bond donors (Lipinski definition) is 0. The van der Waals surface area contributed by atoms with Gasteiger partial charge in [-0.25, -0.2) is 9.37 Å². The topological polar surface area (TPSA) is 33.2 Å². The van der Waals surface area contributed by atoms with Gasteiger partial charge < -0.3 is 4.90 Å². The van der Waals surface area contributed by atoms with Gasteiger partial charge in [0.25, 0.3) is 5.91 Å². The number of aromatic nitrogens is 1. The zero-order valence-electron chi connectivity index (χ0n) is 13.2. The number of para-hydroxylation sites is 1. The van der Waals surface area contributed by atoms with E-state index in [1.165, 1.54) is 12.1 Å². The zero-order valence-corrected chi connectivity index (χ0v) is 13.2. The van der Waals surface area contributed by atoms with Crippen molar-refractivity contribution in [2.45, 2.75) is 12.8 Å². The lowest BCUT2D eigenvalue weighted by Crippen LogP contribution is -2.27. The lowest BCUT2D eigenvalue weighted by molar-refractivity contribution is 0.0794. The molecule has 0 radical (unpaired) electrons. The van der Waals surface area contributed by atoms with E-state index in [1.807, 2.05) is 35.2 Å². The van der Waals surface area contributed by atoms with Crippen LogP contribution in [0.3, 0.4) is 0 Å². The standard InChI is InChI=1S/C20H17FN2O/c21-15-9-7-14(8-10-15)19-13-17(20(24)23-11-3-4-12-23)16-5-1-2-6-18(16)22-19/h1-2,5-10,13H,3-4,11-12H2. The molecule has 1 aliphatic heterocycles. The number of nitrogens with zero attached hydrogens (tertiary/aromatic N) is 2. The third kappa shape index (κ3) is 2.64. The molecule has 1 aromatic heterocycles. The highest BCUT2D eigenvalue weighted by molar-refractivity contribution is 6.07. The van der Waals surface area contributed by atoms with E-state index < -0.39 is 0 Å². The van der Waals surface area contributed by atoms with Crippen LogP contribution in [-0.4, -0.2) is 28.9 Å². The molecular formula is C20H17FN2O. The number of amides is 1. The molecule has 1 aliphatic rings. The zero-order chi connectivity index (χ0) is 16.5. The largest absolute Gasteiger partial charge is 0.339 e. The molecule has 0 atom stereocenters. The maximum atomic E-state index is 13.2. The summed E-state index contributed by atoms with van der Waals surface area (Å²) in [5.74, 6) is -0.234. The quantitative estimate of drug-likeness (QED) is 0.706. The summed E-state index contributed by atoms with van der Waals surface area (Å²) in [5, 5.41) is 0.861. The minimum Gasteiger partial charge on any atom is -0.339 e. The fourth-order valence-corrected chi connectivity index (χ4v) is 3.21. The highest BCUT2D eigenvalue weighted by atomic mass is 19.1. The first-order chi connectivity index (χ1) is 11.7. The Hall–Kier alpha value is -2.75. The molecule has 2 heterocycles. The summed E-state index contributed by atoms with van der Waals surface area (Å²) in [6.07, 6.45) is 2.11. The molecule has 4 heteroatoms. The predicted octanol–water partition coefficient (Wildman–Crippen LogP) is 4.28.